The van der Waals surface area contributed by atoms with Crippen molar-refractivity contribution in [2.45, 2.75) is 32.3 Å². The highest BCUT2D eigenvalue weighted by molar-refractivity contribution is 6.23. The summed E-state index contributed by atoms with van der Waals surface area (Å²) in [6.07, 6.45) is -4.66. The number of benzene rings is 1. The third-order valence-electron chi connectivity index (χ3n) is 4.06. The third-order valence-corrected chi connectivity index (χ3v) is 4.06. The number of hydrogen-bond donors (Lipinski definition) is 0. The van der Waals surface area contributed by atoms with Gasteiger partial charge in [-0.1, -0.05) is 12.1 Å². The summed E-state index contributed by atoms with van der Waals surface area (Å²) < 4.78 is 45.5. The van der Waals surface area contributed by atoms with E-state index in [2.05, 4.69) is 28.3 Å². The van der Waals surface area contributed by atoms with Crippen LogP contribution < -0.4 is 4.74 Å². The zero-order valence-corrected chi connectivity index (χ0v) is 13.5. The second-order valence-corrected chi connectivity index (χ2v) is 5.72. The van der Waals surface area contributed by atoms with Crippen LogP contribution in [0.25, 0.3) is 0 Å². The molecule has 0 unspecified atom stereocenters. The minimum atomic E-state index is -4.66. The van der Waals surface area contributed by atoms with Gasteiger partial charge in [-0.05, 0) is 31.5 Å². The lowest BCUT2D eigenvalue weighted by atomic mass is 10.0. The van der Waals surface area contributed by atoms with E-state index in [0.29, 0.717) is 6.04 Å². The molecule has 0 aromatic heterocycles. The van der Waals surface area contributed by atoms with Crippen molar-refractivity contribution in [2.75, 3.05) is 26.7 Å². The van der Waals surface area contributed by atoms with Gasteiger partial charge in [0.15, 0.2) is 0 Å². The summed E-state index contributed by atoms with van der Waals surface area (Å²) in [6, 6.07) is 6.53. The van der Waals surface area contributed by atoms with Gasteiger partial charge in [0.1, 0.15) is 5.75 Å². The highest BCUT2D eigenvalue weighted by atomic mass is 19.4. The Kier molecular flexibility index (Phi) is 5.94. The van der Waals surface area contributed by atoms with E-state index in [1.54, 1.807) is 26.9 Å². The van der Waals surface area contributed by atoms with Gasteiger partial charge in [-0.3, -0.25) is 4.90 Å². The van der Waals surface area contributed by atoms with E-state index in [4.69, 9.17) is 4.65 Å². The first-order valence-electron chi connectivity index (χ1n) is 7.52. The average Bonchev–Trinajstić information content (AvgIpc) is 2.46. The quantitative estimate of drug-likeness (QED) is 0.776. The number of hydrogen-bond acceptors (Lipinski definition) is 4. The lowest BCUT2D eigenvalue weighted by molar-refractivity contribution is -0.274. The smallest absolute Gasteiger partial charge is 0.427 e. The Labute approximate surface area is 135 Å². The van der Waals surface area contributed by atoms with Crippen molar-refractivity contribution < 1.29 is 22.6 Å². The zero-order valence-electron chi connectivity index (χ0n) is 13.5. The molecule has 1 aliphatic rings. The van der Waals surface area contributed by atoms with Gasteiger partial charge in [0.25, 0.3) is 0 Å². The second kappa shape index (κ2) is 7.55. The average molecular weight is 329 g/mol. The van der Waals surface area contributed by atoms with E-state index in [0.717, 1.165) is 25.2 Å². The molecule has 0 saturated carbocycles. The number of ether oxygens (including phenoxy) is 1. The van der Waals surface area contributed by atoms with Gasteiger partial charge in [-0.15, -0.1) is 13.2 Å². The Hall–Kier alpha value is -1.25. The molecule has 4 nitrogen and oxygen atoms in total. The van der Waals surface area contributed by atoms with Crippen molar-refractivity contribution in [3.8, 4) is 5.75 Å². The van der Waals surface area contributed by atoms with E-state index in [-0.39, 0.29) is 11.8 Å². The molecule has 0 bridgehead atoms. The molecule has 1 aromatic carbocycles. The standard InChI is InChI=1S/C15H21BF3N2O2/c1-11-10-20(16-22-3)8-9-21(11)12(2)13-4-6-14(7-5-13)23-15(17,18)19/h4-7,11-12H,8-10H2,1-3H3/t11-,12+/m0/s1. The fraction of sp³-hybridized carbons (Fsp3) is 0.600. The van der Waals surface area contributed by atoms with Crippen LogP contribution in [0.2, 0.25) is 0 Å². The topological polar surface area (TPSA) is 24.9 Å². The summed E-state index contributed by atoms with van der Waals surface area (Å²) >= 11 is 0. The maximum absolute atomic E-state index is 12.2. The molecular formula is C15H21BF3N2O2. The Balaban J connectivity index is 1.99. The van der Waals surface area contributed by atoms with Crippen LogP contribution >= 0.6 is 0 Å². The molecule has 1 heterocycles. The molecule has 0 aliphatic carbocycles. The molecule has 1 fully saturated rings. The van der Waals surface area contributed by atoms with Gasteiger partial charge >= 0.3 is 14.0 Å². The molecule has 1 aliphatic heterocycles. The first-order valence-corrected chi connectivity index (χ1v) is 7.52. The Morgan fingerprint density at radius 1 is 1.22 bits per heavy atom. The van der Waals surface area contributed by atoms with Crippen LogP contribution in [-0.4, -0.2) is 56.5 Å². The maximum atomic E-state index is 12.2. The summed E-state index contributed by atoms with van der Waals surface area (Å²) in [5.74, 6) is -0.194. The molecule has 0 amide bonds. The molecule has 2 atom stereocenters. The van der Waals surface area contributed by atoms with Gasteiger partial charge in [-0.2, -0.15) is 0 Å². The molecule has 1 radical (unpaired) electrons. The first-order chi connectivity index (χ1) is 10.8. The lowest BCUT2D eigenvalue weighted by Crippen LogP contribution is -2.53. The Morgan fingerprint density at radius 2 is 1.87 bits per heavy atom. The van der Waals surface area contributed by atoms with Gasteiger partial charge in [-0.25, -0.2) is 0 Å². The van der Waals surface area contributed by atoms with Crippen LogP contribution in [0.1, 0.15) is 25.5 Å². The van der Waals surface area contributed by atoms with Crippen LogP contribution in [-0.2, 0) is 4.65 Å². The molecular weight excluding hydrogens is 308 g/mol. The van der Waals surface area contributed by atoms with Crippen molar-refractivity contribution in [1.82, 2.24) is 9.71 Å². The van der Waals surface area contributed by atoms with E-state index < -0.39 is 6.36 Å². The SMILES string of the molecule is CO[B]N1CCN([C@H](C)c2ccc(OC(F)(F)F)cc2)[C@@H](C)C1. The summed E-state index contributed by atoms with van der Waals surface area (Å²) in [7, 11) is 3.35. The zero-order chi connectivity index (χ0) is 17.0. The minimum Gasteiger partial charge on any atom is -0.427 e. The van der Waals surface area contributed by atoms with Gasteiger partial charge in [0, 0.05) is 38.8 Å². The van der Waals surface area contributed by atoms with Crippen molar-refractivity contribution >= 4 is 7.62 Å². The fourth-order valence-electron chi connectivity index (χ4n) is 2.96. The lowest BCUT2D eigenvalue weighted by Gasteiger charge is -2.42. The Morgan fingerprint density at radius 3 is 2.39 bits per heavy atom. The maximum Gasteiger partial charge on any atom is 0.573 e. The Bertz CT molecular complexity index is 498. The van der Waals surface area contributed by atoms with Crippen molar-refractivity contribution in [1.29, 1.82) is 0 Å². The number of nitrogens with zero attached hydrogens (tertiary/aromatic N) is 2. The fourth-order valence-corrected chi connectivity index (χ4v) is 2.96. The van der Waals surface area contributed by atoms with Crippen LogP contribution in [0.3, 0.4) is 0 Å². The number of rotatable bonds is 5. The van der Waals surface area contributed by atoms with Crippen LogP contribution in [0.15, 0.2) is 24.3 Å². The number of halogens is 3. The van der Waals surface area contributed by atoms with E-state index in [1.165, 1.54) is 12.1 Å². The predicted octanol–water partition coefficient (Wildman–Crippen LogP) is 2.83. The van der Waals surface area contributed by atoms with Gasteiger partial charge in [0.2, 0.25) is 0 Å². The van der Waals surface area contributed by atoms with Gasteiger partial charge in [0.05, 0.1) is 0 Å². The largest absolute Gasteiger partial charge is 0.573 e. The normalized spacial score (nSPS) is 21.9. The number of alkyl halides is 3. The summed E-state index contributed by atoms with van der Waals surface area (Å²) in [6.45, 7) is 6.77. The van der Waals surface area contributed by atoms with Crippen LogP contribution in [0.5, 0.6) is 5.75 Å². The highest BCUT2D eigenvalue weighted by Gasteiger charge is 2.31. The molecule has 2 rings (SSSR count). The minimum absolute atomic E-state index is 0.120. The van der Waals surface area contributed by atoms with Crippen molar-refractivity contribution in [3.05, 3.63) is 29.8 Å². The van der Waals surface area contributed by atoms with Crippen LogP contribution in [0.4, 0.5) is 13.2 Å². The van der Waals surface area contributed by atoms with Gasteiger partial charge < -0.3 is 14.2 Å². The van der Waals surface area contributed by atoms with Crippen molar-refractivity contribution in [2.24, 2.45) is 0 Å². The molecule has 0 N–H and O–H groups in total. The second-order valence-electron chi connectivity index (χ2n) is 5.72. The van der Waals surface area contributed by atoms with Crippen LogP contribution in [0, 0.1) is 0 Å². The molecule has 1 aromatic rings. The monoisotopic (exact) mass is 329 g/mol. The van der Waals surface area contributed by atoms with E-state index in [1.807, 2.05) is 0 Å². The molecule has 1 saturated heterocycles. The summed E-state index contributed by atoms with van der Waals surface area (Å²) in [5.41, 5.74) is 0.968. The third kappa shape index (κ3) is 5.12. The molecule has 127 valence electrons. The molecule has 0 spiro atoms. The summed E-state index contributed by atoms with van der Waals surface area (Å²) in [5, 5.41) is 0. The first kappa shape index (κ1) is 18.1. The molecule has 23 heavy (non-hydrogen) atoms. The predicted molar refractivity (Wildman–Crippen MR) is 82.0 cm³/mol. The van der Waals surface area contributed by atoms with Crippen molar-refractivity contribution in [3.63, 3.8) is 0 Å². The highest BCUT2D eigenvalue weighted by Crippen LogP contribution is 2.28. The van der Waals surface area contributed by atoms with E-state index in [9.17, 15) is 13.2 Å². The molecule has 8 heteroatoms. The van der Waals surface area contributed by atoms with E-state index >= 15 is 0 Å². The number of piperazine rings is 1. The summed E-state index contributed by atoms with van der Waals surface area (Å²) in [4.78, 5) is 4.45.